The monoisotopic (exact) mass is 298 g/mol. The molecule has 1 heterocycles. The van der Waals surface area contributed by atoms with Crippen molar-refractivity contribution in [3.05, 3.63) is 46.1 Å². The lowest BCUT2D eigenvalue weighted by Gasteiger charge is -2.33. The molecule has 22 heavy (non-hydrogen) atoms. The van der Waals surface area contributed by atoms with Gasteiger partial charge in [-0.3, -0.25) is 9.69 Å². The second-order valence-corrected chi connectivity index (χ2v) is 6.51. The standard InChI is InChI=1S/C18H22N2O2/c1-22-8-7-20-6-2-3-13(11-20)19-18(21)15-5-4-14-16-9-12(16)10-17(14)15/h4-5,10,13H,2-3,6-9,11H2,1H3,(H,19,21)/t13-/m1/s1. The molecule has 1 saturated carbocycles. The van der Waals surface area contributed by atoms with Crippen LogP contribution in [0.25, 0.3) is 0 Å². The Bertz CT molecular complexity index is 639. The average Bonchev–Trinajstić information content (AvgIpc) is 3.00. The van der Waals surface area contributed by atoms with Crippen LogP contribution in [0.1, 0.15) is 19.3 Å². The summed E-state index contributed by atoms with van der Waals surface area (Å²) in [6, 6.07) is 0.250. The Kier molecular flexibility index (Phi) is 3.51. The predicted octanol–water partition coefficient (Wildman–Crippen LogP) is 1.72. The van der Waals surface area contributed by atoms with Gasteiger partial charge in [0, 0.05) is 31.8 Å². The summed E-state index contributed by atoms with van der Waals surface area (Å²) < 4.78 is 5.15. The quantitative estimate of drug-likeness (QED) is 0.840. The van der Waals surface area contributed by atoms with E-state index in [0.717, 1.165) is 56.6 Å². The Balaban J connectivity index is 1.39. The molecule has 0 radical (unpaired) electrons. The fraction of sp³-hybridized carbons (Fsp3) is 0.500. The van der Waals surface area contributed by atoms with E-state index >= 15 is 0 Å². The summed E-state index contributed by atoms with van der Waals surface area (Å²) in [6.45, 7) is 3.73. The number of piperidine rings is 1. The van der Waals surface area contributed by atoms with Crippen LogP contribution in [0.2, 0.25) is 0 Å². The minimum atomic E-state index is 0.0820. The maximum atomic E-state index is 12.6. The molecule has 0 bridgehead atoms. The Labute approximate surface area is 131 Å². The molecular formula is C18H22N2O2. The van der Waals surface area contributed by atoms with Crippen molar-refractivity contribution in [2.45, 2.75) is 25.3 Å². The molecule has 1 aliphatic heterocycles. The second-order valence-electron chi connectivity index (χ2n) is 6.51. The fourth-order valence-corrected chi connectivity index (χ4v) is 3.69. The van der Waals surface area contributed by atoms with Crippen LogP contribution in [-0.2, 0) is 9.53 Å². The maximum Gasteiger partial charge on any atom is 0.252 e. The number of rotatable bonds is 5. The maximum absolute atomic E-state index is 12.6. The molecule has 1 amide bonds. The number of likely N-dealkylation sites (tertiary alicyclic amines) is 1. The molecule has 0 spiro atoms. The smallest absolute Gasteiger partial charge is 0.252 e. The van der Waals surface area contributed by atoms with E-state index in [2.05, 4.69) is 22.4 Å². The van der Waals surface area contributed by atoms with Crippen molar-refractivity contribution in [3.8, 4) is 0 Å². The van der Waals surface area contributed by atoms with E-state index < -0.39 is 0 Å². The van der Waals surface area contributed by atoms with E-state index in [4.69, 9.17) is 4.74 Å². The summed E-state index contributed by atoms with van der Waals surface area (Å²) in [5.74, 6) is 0.0820. The summed E-state index contributed by atoms with van der Waals surface area (Å²) in [7, 11) is 1.73. The SMILES string of the molecule is COCCN1CCC[C@@H](NC(=O)C2=C3C=C4CC4=C3C=C2)C1. The van der Waals surface area contributed by atoms with Gasteiger partial charge in [0.1, 0.15) is 0 Å². The lowest BCUT2D eigenvalue weighted by Crippen LogP contribution is -2.48. The third kappa shape index (κ3) is 2.46. The first-order valence-electron chi connectivity index (χ1n) is 8.15. The number of nitrogens with one attached hydrogen (secondary N) is 1. The Morgan fingerprint density at radius 2 is 2.32 bits per heavy atom. The Hall–Kier alpha value is -1.65. The molecule has 1 saturated heterocycles. The van der Waals surface area contributed by atoms with Gasteiger partial charge in [0.15, 0.2) is 0 Å². The van der Waals surface area contributed by atoms with Crippen LogP contribution in [0.4, 0.5) is 0 Å². The number of carbonyl (C=O) groups excluding carboxylic acids is 1. The molecule has 3 aliphatic carbocycles. The first kappa shape index (κ1) is 14.0. The van der Waals surface area contributed by atoms with Crippen LogP contribution in [-0.4, -0.2) is 50.2 Å². The number of ether oxygens (including phenoxy) is 1. The Morgan fingerprint density at radius 1 is 1.41 bits per heavy atom. The first-order chi connectivity index (χ1) is 10.8. The number of hydrogen-bond donors (Lipinski definition) is 1. The zero-order chi connectivity index (χ0) is 15.1. The van der Waals surface area contributed by atoms with E-state index in [1.807, 2.05) is 6.08 Å². The van der Waals surface area contributed by atoms with E-state index in [1.54, 1.807) is 7.11 Å². The van der Waals surface area contributed by atoms with E-state index in [0.29, 0.717) is 0 Å². The van der Waals surface area contributed by atoms with Gasteiger partial charge >= 0.3 is 0 Å². The highest BCUT2D eigenvalue weighted by atomic mass is 16.5. The summed E-state index contributed by atoms with van der Waals surface area (Å²) >= 11 is 0. The van der Waals surface area contributed by atoms with Crippen LogP contribution in [0.3, 0.4) is 0 Å². The zero-order valence-corrected chi connectivity index (χ0v) is 13.0. The van der Waals surface area contributed by atoms with Gasteiger partial charge < -0.3 is 10.1 Å². The molecule has 4 nitrogen and oxygen atoms in total. The summed E-state index contributed by atoms with van der Waals surface area (Å²) in [6.07, 6.45) is 9.58. The molecule has 2 fully saturated rings. The molecule has 1 atom stereocenters. The number of fused-ring (bicyclic) bond motifs is 2. The van der Waals surface area contributed by atoms with Crippen LogP contribution in [0, 0.1) is 0 Å². The second kappa shape index (κ2) is 5.52. The van der Waals surface area contributed by atoms with Crippen molar-refractivity contribution >= 4 is 5.91 Å². The van der Waals surface area contributed by atoms with Gasteiger partial charge in [0.2, 0.25) is 0 Å². The normalized spacial score (nSPS) is 26.2. The van der Waals surface area contributed by atoms with Crippen molar-refractivity contribution < 1.29 is 9.53 Å². The van der Waals surface area contributed by atoms with Crippen molar-refractivity contribution in [1.29, 1.82) is 0 Å². The molecule has 4 rings (SSSR count). The number of allylic oxidation sites excluding steroid dienone is 6. The topological polar surface area (TPSA) is 41.6 Å². The zero-order valence-electron chi connectivity index (χ0n) is 13.0. The molecule has 1 N–H and O–H groups in total. The predicted molar refractivity (Wildman–Crippen MR) is 85.4 cm³/mol. The first-order valence-corrected chi connectivity index (χ1v) is 8.15. The van der Waals surface area contributed by atoms with Crippen molar-refractivity contribution in [3.63, 3.8) is 0 Å². The number of nitrogens with zero attached hydrogens (tertiary/aromatic N) is 1. The van der Waals surface area contributed by atoms with Gasteiger partial charge in [0.25, 0.3) is 5.91 Å². The third-order valence-corrected chi connectivity index (χ3v) is 4.97. The molecule has 0 unspecified atom stereocenters. The summed E-state index contributed by atoms with van der Waals surface area (Å²) in [4.78, 5) is 15.0. The van der Waals surface area contributed by atoms with Gasteiger partial charge in [0.05, 0.1) is 6.61 Å². The lowest BCUT2D eigenvalue weighted by atomic mass is 10.0. The highest BCUT2D eigenvalue weighted by Crippen LogP contribution is 2.51. The van der Waals surface area contributed by atoms with Crippen molar-refractivity contribution in [2.75, 3.05) is 33.4 Å². The highest BCUT2D eigenvalue weighted by Gasteiger charge is 2.36. The van der Waals surface area contributed by atoms with Crippen LogP contribution in [0.5, 0.6) is 0 Å². The molecule has 4 aliphatic rings. The fourth-order valence-electron chi connectivity index (χ4n) is 3.69. The van der Waals surface area contributed by atoms with Crippen LogP contribution in [0.15, 0.2) is 46.1 Å². The van der Waals surface area contributed by atoms with Gasteiger partial charge in [-0.15, -0.1) is 0 Å². The molecule has 0 aromatic carbocycles. The van der Waals surface area contributed by atoms with E-state index in [9.17, 15) is 4.79 Å². The van der Waals surface area contributed by atoms with Crippen LogP contribution < -0.4 is 5.32 Å². The minimum absolute atomic E-state index is 0.0820. The number of methoxy groups -OCH3 is 1. The Morgan fingerprint density at radius 3 is 3.18 bits per heavy atom. The molecule has 0 aromatic heterocycles. The molecule has 116 valence electrons. The summed E-state index contributed by atoms with van der Waals surface area (Å²) in [5, 5.41) is 3.23. The number of hydrogen-bond acceptors (Lipinski definition) is 3. The van der Waals surface area contributed by atoms with Gasteiger partial charge in [-0.2, -0.15) is 0 Å². The molecule has 4 heteroatoms. The van der Waals surface area contributed by atoms with Crippen LogP contribution >= 0.6 is 0 Å². The lowest BCUT2D eigenvalue weighted by molar-refractivity contribution is -0.118. The minimum Gasteiger partial charge on any atom is -0.383 e. The van der Waals surface area contributed by atoms with Crippen molar-refractivity contribution in [2.24, 2.45) is 0 Å². The van der Waals surface area contributed by atoms with Gasteiger partial charge in [-0.25, -0.2) is 0 Å². The molecule has 0 aromatic rings. The average molecular weight is 298 g/mol. The third-order valence-electron chi connectivity index (χ3n) is 4.97. The van der Waals surface area contributed by atoms with Gasteiger partial charge in [-0.05, 0) is 60.3 Å². The largest absolute Gasteiger partial charge is 0.383 e. The highest BCUT2D eigenvalue weighted by molar-refractivity contribution is 6.02. The van der Waals surface area contributed by atoms with E-state index in [-0.39, 0.29) is 11.9 Å². The number of carbonyl (C=O) groups is 1. The van der Waals surface area contributed by atoms with Crippen molar-refractivity contribution in [1.82, 2.24) is 10.2 Å². The molecular weight excluding hydrogens is 276 g/mol. The van der Waals surface area contributed by atoms with Gasteiger partial charge in [-0.1, -0.05) is 6.08 Å². The number of amides is 1. The van der Waals surface area contributed by atoms with E-state index in [1.165, 1.54) is 16.7 Å². The summed E-state index contributed by atoms with van der Waals surface area (Å²) in [5.41, 5.74) is 6.13.